The first-order valence-electron chi connectivity index (χ1n) is 7.16. The molecule has 2 aromatic heterocycles. The number of anilines is 2. The number of nitrogens with zero attached hydrogens (tertiary/aromatic N) is 4. The van der Waals surface area contributed by atoms with Gasteiger partial charge in [0.25, 0.3) is 0 Å². The van der Waals surface area contributed by atoms with Crippen LogP contribution in [0.2, 0.25) is 0 Å². The molecule has 0 aliphatic rings. The molecule has 2 rings (SSSR count). The zero-order valence-electron chi connectivity index (χ0n) is 13.6. The fraction of sp³-hybridized carbons (Fsp3) is 0.571. The van der Waals surface area contributed by atoms with Crippen molar-refractivity contribution in [1.82, 2.24) is 19.7 Å². The second kappa shape index (κ2) is 7.55. The number of nitrogens with one attached hydrogen (secondary N) is 1. The van der Waals surface area contributed by atoms with Gasteiger partial charge < -0.3 is 20.4 Å². The van der Waals surface area contributed by atoms with Crippen LogP contribution in [-0.2, 0) is 19.3 Å². The maximum atomic E-state index is 5.89. The van der Waals surface area contributed by atoms with Crippen LogP contribution in [0.4, 0.5) is 11.9 Å². The molecule has 0 aliphatic carbocycles. The summed E-state index contributed by atoms with van der Waals surface area (Å²) in [6, 6.07) is 2.13. The lowest BCUT2D eigenvalue weighted by Crippen LogP contribution is -2.10. The van der Waals surface area contributed by atoms with Gasteiger partial charge in [-0.3, -0.25) is 0 Å². The highest BCUT2D eigenvalue weighted by atomic mass is 32.2. The van der Waals surface area contributed by atoms with Gasteiger partial charge >= 0.3 is 0 Å². The first-order valence-corrected chi connectivity index (χ1v) is 8.32. The highest BCUT2D eigenvalue weighted by Gasteiger charge is 2.08. The van der Waals surface area contributed by atoms with Crippen molar-refractivity contribution in [1.29, 1.82) is 0 Å². The van der Waals surface area contributed by atoms with Crippen molar-refractivity contribution in [2.75, 3.05) is 37.4 Å². The van der Waals surface area contributed by atoms with Gasteiger partial charge in [0, 0.05) is 19.3 Å². The van der Waals surface area contributed by atoms with Crippen molar-refractivity contribution in [3.8, 4) is 0 Å². The molecular formula is C14H24N6OS. The normalized spacial score (nSPS) is 11.3. The Morgan fingerprint density at radius 3 is 2.86 bits per heavy atom. The molecule has 0 saturated heterocycles. The van der Waals surface area contributed by atoms with E-state index in [9.17, 15) is 0 Å². The molecule has 0 unspecified atom stereocenters. The second-order valence-corrected chi connectivity index (χ2v) is 6.56. The van der Waals surface area contributed by atoms with E-state index in [4.69, 9.17) is 10.2 Å². The number of furan rings is 1. The van der Waals surface area contributed by atoms with E-state index in [1.54, 1.807) is 4.68 Å². The van der Waals surface area contributed by atoms with Crippen LogP contribution in [0.5, 0.6) is 0 Å². The Bertz CT molecular complexity index is 606. The van der Waals surface area contributed by atoms with Crippen LogP contribution < -0.4 is 11.1 Å². The van der Waals surface area contributed by atoms with E-state index in [0.717, 1.165) is 36.1 Å². The van der Waals surface area contributed by atoms with E-state index in [0.29, 0.717) is 5.95 Å². The number of nitrogens with two attached hydrogens (primary N) is 1. The molecular weight excluding hydrogens is 300 g/mol. The monoisotopic (exact) mass is 324 g/mol. The number of thioether (sulfide) groups is 1. The van der Waals surface area contributed by atoms with Crippen LogP contribution in [0.1, 0.15) is 17.1 Å². The van der Waals surface area contributed by atoms with Gasteiger partial charge in [0.15, 0.2) is 0 Å². The van der Waals surface area contributed by atoms with Crippen molar-refractivity contribution >= 4 is 23.7 Å². The molecule has 0 radical (unpaired) electrons. The summed E-state index contributed by atoms with van der Waals surface area (Å²) in [5.74, 6) is 4.89. The van der Waals surface area contributed by atoms with Crippen molar-refractivity contribution in [3.63, 3.8) is 0 Å². The van der Waals surface area contributed by atoms with E-state index >= 15 is 0 Å². The maximum absolute atomic E-state index is 5.89. The smallest absolute Gasteiger partial charge is 0.241 e. The summed E-state index contributed by atoms with van der Waals surface area (Å²) in [4.78, 5) is 6.20. The van der Waals surface area contributed by atoms with Crippen molar-refractivity contribution in [2.45, 2.75) is 19.2 Å². The molecule has 0 bridgehead atoms. The lowest BCUT2D eigenvalue weighted by Gasteiger charge is -2.07. The van der Waals surface area contributed by atoms with E-state index in [1.807, 2.05) is 32.9 Å². The molecule has 0 saturated carbocycles. The Balaban J connectivity index is 1.71. The molecule has 3 N–H and O–H groups in total. The van der Waals surface area contributed by atoms with Gasteiger partial charge in [0.2, 0.25) is 11.9 Å². The number of rotatable bonds is 8. The van der Waals surface area contributed by atoms with Gasteiger partial charge in [0.1, 0.15) is 11.5 Å². The van der Waals surface area contributed by atoms with Crippen molar-refractivity contribution in [3.05, 3.63) is 23.2 Å². The quantitative estimate of drug-likeness (QED) is 0.715. The lowest BCUT2D eigenvalue weighted by molar-refractivity contribution is 0.343. The molecule has 2 aromatic rings. The lowest BCUT2D eigenvalue weighted by atomic mass is 10.2. The van der Waals surface area contributed by atoms with E-state index < -0.39 is 0 Å². The van der Waals surface area contributed by atoms with E-state index in [-0.39, 0.29) is 5.95 Å². The summed E-state index contributed by atoms with van der Waals surface area (Å²) in [6.07, 6.45) is 0. The third-order valence-electron chi connectivity index (χ3n) is 3.08. The van der Waals surface area contributed by atoms with Crippen LogP contribution in [0.3, 0.4) is 0 Å². The average molecular weight is 324 g/mol. The first kappa shape index (κ1) is 16.7. The van der Waals surface area contributed by atoms with Crippen LogP contribution in [0.15, 0.2) is 10.5 Å². The summed E-state index contributed by atoms with van der Waals surface area (Å²) in [5, 5.41) is 7.20. The zero-order chi connectivity index (χ0) is 16.1. The fourth-order valence-corrected chi connectivity index (χ4v) is 2.81. The van der Waals surface area contributed by atoms with Crippen LogP contribution in [-0.4, -0.2) is 46.1 Å². The minimum Gasteiger partial charge on any atom is -0.464 e. The number of aromatic nitrogens is 3. The number of nitrogen functional groups attached to an aromatic ring is 1. The van der Waals surface area contributed by atoms with E-state index in [1.165, 1.54) is 5.56 Å². The molecule has 122 valence electrons. The Morgan fingerprint density at radius 1 is 1.45 bits per heavy atom. The van der Waals surface area contributed by atoms with Crippen LogP contribution in [0, 0.1) is 6.92 Å². The summed E-state index contributed by atoms with van der Waals surface area (Å²) in [5.41, 5.74) is 6.75. The Kier molecular flexibility index (Phi) is 5.73. The molecule has 0 atom stereocenters. The molecule has 0 aliphatic heterocycles. The van der Waals surface area contributed by atoms with Gasteiger partial charge in [-0.2, -0.15) is 16.7 Å². The second-order valence-electron chi connectivity index (χ2n) is 5.45. The van der Waals surface area contributed by atoms with Gasteiger partial charge in [-0.1, -0.05) is 0 Å². The number of hydrogen-bond donors (Lipinski definition) is 2. The molecule has 0 fully saturated rings. The summed E-state index contributed by atoms with van der Waals surface area (Å²) < 4.78 is 7.53. The standard InChI is InChI=1S/C14H24N6OS/c1-10-7-11(21-12(10)8-19(2)3)9-22-6-5-16-14-17-13(15)18-20(14)4/h7H,5-6,8-9H2,1-4H3,(H3,15,16,17,18). The zero-order valence-corrected chi connectivity index (χ0v) is 14.4. The SMILES string of the molecule is Cc1cc(CSCCNc2nc(N)nn2C)oc1CN(C)C. The van der Waals surface area contributed by atoms with Gasteiger partial charge in [0.05, 0.1) is 12.3 Å². The average Bonchev–Trinajstić information content (AvgIpc) is 2.92. The van der Waals surface area contributed by atoms with Crippen LogP contribution >= 0.6 is 11.8 Å². The van der Waals surface area contributed by atoms with Crippen LogP contribution in [0.25, 0.3) is 0 Å². The van der Waals surface area contributed by atoms with Crippen molar-refractivity contribution < 1.29 is 4.42 Å². The molecule has 0 amide bonds. The Labute approximate surface area is 135 Å². The fourth-order valence-electron chi connectivity index (χ4n) is 2.07. The molecule has 2 heterocycles. The first-order chi connectivity index (χ1) is 10.5. The molecule has 7 nitrogen and oxygen atoms in total. The maximum Gasteiger partial charge on any atom is 0.241 e. The highest BCUT2D eigenvalue weighted by Crippen LogP contribution is 2.20. The van der Waals surface area contributed by atoms with Gasteiger partial charge in [-0.05, 0) is 32.6 Å². The molecule has 0 spiro atoms. The molecule has 22 heavy (non-hydrogen) atoms. The predicted octanol–water partition coefficient (Wildman–Crippen LogP) is 1.71. The minimum absolute atomic E-state index is 0.289. The largest absolute Gasteiger partial charge is 0.464 e. The summed E-state index contributed by atoms with van der Waals surface area (Å²) in [6.45, 7) is 3.74. The summed E-state index contributed by atoms with van der Waals surface area (Å²) >= 11 is 1.82. The minimum atomic E-state index is 0.289. The van der Waals surface area contributed by atoms with Gasteiger partial charge in [-0.15, -0.1) is 5.10 Å². The topological polar surface area (TPSA) is 85.1 Å². The third-order valence-corrected chi connectivity index (χ3v) is 4.07. The van der Waals surface area contributed by atoms with E-state index in [2.05, 4.69) is 33.3 Å². The Hall–Kier alpha value is -1.67. The highest BCUT2D eigenvalue weighted by molar-refractivity contribution is 7.98. The number of aryl methyl sites for hydroxylation is 2. The third kappa shape index (κ3) is 4.67. The number of hydrogen-bond acceptors (Lipinski definition) is 7. The van der Waals surface area contributed by atoms with Crippen molar-refractivity contribution in [2.24, 2.45) is 7.05 Å². The molecule has 0 aromatic carbocycles. The molecule has 8 heteroatoms. The Morgan fingerprint density at radius 2 is 2.23 bits per heavy atom. The van der Waals surface area contributed by atoms with Gasteiger partial charge in [-0.25, -0.2) is 4.68 Å². The summed E-state index contributed by atoms with van der Waals surface area (Å²) in [7, 11) is 5.90. The predicted molar refractivity (Wildman–Crippen MR) is 90.9 cm³/mol.